The van der Waals surface area contributed by atoms with Gasteiger partial charge in [-0.3, -0.25) is 9.48 Å². The van der Waals surface area contributed by atoms with Crippen LogP contribution in [0.2, 0.25) is 5.02 Å². The number of benzene rings is 1. The van der Waals surface area contributed by atoms with E-state index in [2.05, 4.69) is 5.10 Å². The summed E-state index contributed by atoms with van der Waals surface area (Å²) in [5, 5.41) is 13.3. The molecule has 0 fully saturated rings. The van der Waals surface area contributed by atoms with Crippen LogP contribution >= 0.6 is 11.6 Å². The topological polar surface area (TPSA) is 55.1 Å². The molecule has 0 atom stereocenters. The van der Waals surface area contributed by atoms with Gasteiger partial charge in [0.2, 0.25) is 0 Å². The summed E-state index contributed by atoms with van der Waals surface area (Å²) >= 11 is 5.88. The molecule has 1 aromatic heterocycles. The second-order valence-corrected chi connectivity index (χ2v) is 4.22. The lowest BCUT2D eigenvalue weighted by molar-refractivity contribution is -0.137. The van der Waals surface area contributed by atoms with E-state index in [9.17, 15) is 4.79 Å². The second kappa shape index (κ2) is 4.59. The minimum atomic E-state index is -0.910. The summed E-state index contributed by atoms with van der Waals surface area (Å²) in [6, 6.07) is 5.57. The van der Waals surface area contributed by atoms with Crippen molar-refractivity contribution in [2.45, 2.75) is 13.5 Å². The van der Waals surface area contributed by atoms with Crippen LogP contribution in [0.3, 0.4) is 0 Å². The molecule has 2 rings (SSSR count). The summed E-state index contributed by atoms with van der Waals surface area (Å²) in [6.45, 7) is 1.82. The van der Waals surface area contributed by atoms with Crippen molar-refractivity contribution in [3.63, 3.8) is 0 Å². The zero-order chi connectivity index (χ0) is 12.4. The summed E-state index contributed by atoms with van der Waals surface area (Å²) in [5.41, 5.74) is 2.93. The molecule has 17 heavy (non-hydrogen) atoms. The maximum atomic E-state index is 10.5. The van der Waals surface area contributed by atoms with E-state index in [4.69, 9.17) is 16.7 Å². The van der Waals surface area contributed by atoms with Crippen molar-refractivity contribution in [3.8, 4) is 11.1 Å². The van der Waals surface area contributed by atoms with Gasteiger partial charge in [-0.15, -0.1) is 0 Å². The van der Waals surface area contributed by atoms with Crippen molar-refractivity contribution >= 4 is 17.6 Å². The van der Waals surface area contributed by atoms with Crippen LogP contribution in [0.4, 0.5) is 0 Å². The quantitative estimate of drug-likeness (QED) is 0.911. The van der Waals surface area contributed by atoms with E-state index in [1.165, 1.54) is 4.68 Å². The first-order valence-electron chi connectivity index (χ1n) is 5.07. The number of aliphatic carboxylic acids is 1. The van der Waals surface area contributed by atoms with Crippen molar-refractivity contribution in [2.24, 2.45) is 0 Å². The molecule has 5 heteroatoms. The minimum Gasteiger partial charge on any atom is -0.480 e. The van der Waals surface area contributed by atoms with Crippen molar-refractivity contribution in [1.82, 2.24) is 9.78 Å². The maximum absolute atomic E-state index is 10.5. The molecule has 4 nitrogen and oxygen atoms in total. The zero-order valence-corrected chi connectivity index (χ0v) is 9.98. The van der Waals surface area contributed by atoms with Gasteiger partial charge in [-0.05, 0) is 30.2 Å². The van der Waals surface area contributed by atoms with Gasteiger partial charge in [-0.25, -0.2) is 0 Å². The molecular formula is C12H11ClN2O2. The Labute approximate surface area is 103 Å². The van der Waals surface area contributed by atoms with Crippen LogP contribution in [0.1, 0.15) is 5.56 Å². The molecule has 0 aliphatic carbocycles. The molecule has 1 heterocycles. The normalized spacial score (nSPS) is 10.5. The van der Waals surface area contributed by atoms with Crippen LogP contribution in [-0.4, -0.2) is 20.9 Å². The molecule has 88 valence electrons. The molecular weight excluding hydrogens is 240 g/mol. The van der Waals surface area contributed by atoms with Crippen molar-refractivity contribution in [3.05, 3.63) is 41.2 Å². The number of halogens is 1. The fourth-order valence-corrected chi connectivity index (χ4v) is 1.91. The Kier molecular flexibility index (Phi) is 3.15. The average Bonchev–Trinajstić information content (AvgIpc) is 2.65. The fraction of sp³-hybridized carbons (Fsp3) is 0.167. The van der Waals surface area contributed by atoms with Gasteiger partial charge in [0, 0.05) is 16.8 Å². The molecule has 0 saturated carbocycles. The van der Waals surface area contributed by atoms with E-state index < -0.39 is 5.97 Å². The highest BCUT2D eigenvalue weighted by molar-refractivity contribution is 6.30. The Balaban J connectivity index is 2.33. The lowest BCUT2D eigenvalue weighted by atomic mass is 10.0. The molecule has 0 aliphatic heterocycles. The second-order valence-electron chi connectivity index (χ2n) is 3.78. The van der Waals surface area contributed by atoms with E-state index in [0.29, 0.717) is 5.02 Å². The summed E-state index contributed by atoms with van der Waals surface area (Å²) in [7, 11) is 0. The number of aromatic nitrogens is 2. The van der Waals surface area contributed by atoms with Crippen molar-refractivity contribution < 1.29 is 9.90 Å². The standard InChI is InChI=1S/C12H11ClN2O2/c1-8-4-10(13)2-3-11(8)9-5-14-15(6-9)7-12(16)17/h2-6H,7H2,1H3,(H,16,17). The third-order valence-corrected chi connectivity index (χ3v) is 2.67. The molecule has 0 bridgehead atoms. The first-order chi connectivity index (χ1) is 8.06. The predicted molar refractivity (Wildman–Crippen MR) is 65.0 cm³/mol. The van der Waals surface area contributed by atoms with E-state index in [0.717, 1.165) is 16.7 Å². The van der Waals surface area contributed by atoms with Gasteiger partial charge >= 0.3 is 5.97 Å². The Morgan fingerprint density at radius 3 is 2.94 bits per heavy atom. The summed E-state index contributed by atoms with van der Waals surface area (Å²) in [6.07, 6.45) is 3.36. The summed E-state index contributed by atoms with van der Waals surface area (Å²) in [5.74, 6) is -0.910. The lowest BCUT2D eigenvalue weighted by Gasteiger charge is -2.02. The highest BCUT2D eigenvalue weighted by Gasteiger charge is 2.07. The number of rotatable bonds is 3. The molecule has 0 aliphatic rings. The van der Waals surface area contributed by atoms with E-state index >= 15 is 0 Å². The number of hydrogen-bond donors (Lipinski definition) is 1. The van der Waals surface area contributed by atoms with E-state index in [1.54, 1.807) is 18.5 Å². The predicted octanol–water partition coefficient (Wildman–Crippen LogP) is 2.60. The molecule has 1 aromatic carbocycles. The largest absolute Gasteiger partial charge is 0.480 e. The smallest absolute Gasteiger partial charge is 0.325 e. The summed E-state index contributed by atoms with van der Waals surface area (Å²) < 4.78 is 1.39. The first-order valence-corrected chi connectivity index (χ1v) is 5.45. The molecule has 1 N–H and O–H groups in total. The monoisotopic (exact) mass is 250 g/mol. The zero-order valence-electron chi connectivity index (χ0n) is 9.22. The molecule has 0 saturated heterocycles. The van der Waals surface area contributed by atoms with Crippen LogP contribution in [-0.2, 0) is 11.3 Å². The van der Waals surface area contributed by atoms with Gasteiger partial charge in [0.25, 0.3) is 0 Å². The number of carbonyl (C=O) groups is 1. The third kappa shape index (κ3) is 2.65. The molecule has 0 amide bonds. The highest BCUT2D eigenvalue weighted by Crippen LogP contribution is 2.25. The number of hydrogen-bond acceptors (Lipinski definition) is 2. The van der Waals surface area contributed by atoms with Gasteiger partial charge in [0.05, 0.1) is 6.20 Å². The molecule has 0 radical (unpaired) electrons. The van der Waals surface area contributed by atoms with Gasteiger partial charge < -0.3 is 5.11 Å². The lowest BCUT2D eigenvalue weighted by Crippen LogP contribution is -2.08. The van der Waals surface area contributed by atoms with Gasteiger partial charge in [-0.1, -0.05) is 17.7 Å². The van der Waals surface area contributed by atoms with Crippen LogP contribution < -0.4 is 0 Å². The number of carboxylic acids is 1. The maximum Gasteiger partial charge on any atom is 0.325 e. The van der Waals surface area contributed by atoms with Crippen LogP contribution in [0.15, 0.2) is 30.6 Å². The van der Waals surface area contributed by atoms with Crippen molar-refractivity contribution in [2.75, 3.05) is 0 Å². The highest BCUT2D eigenvalue weighted by atomic mass is 35.5. The van der Waals surface area contributed by atoms with Crippen molar-refractivity contribution in [1.29, 1.82) is 0 Å². The minimum absolute atomic E-state index is 0.132. The fourth-order valence-electron chi connectivity index (χ4n) is 1.68. The van der Waals surface area contributed by atoms with E-state index in [-0.39, 0.29) is 6.54 Å². The Morgan fingerprint density at radius 1 is 1.53 bits per heavy atom. The average molecular weight is 251 g/mol. The number of nitrogens with zero attached hydrogens (tertiary/aromatic N) is 2. The first kappa shape index (κ1) is 11.7. The van der Waals surface area contributed by atoms with Gasteiger partial charge in [0.15, 0.2) is 0 Å². The van der Waals surface area contributed by atoms with Crippen LogP contribution in [0.25, 0.3) is 11.1 Å². The third-order valence-electron chi connectivity index (χ3n) is 2.43. The van der Waals surface area contributed by atoms with Crippen LogP contribution in [0.5, 0.6) is 0 Å². The Bertz CT molecular complexity index is 563. The van der Waals surface area contributed by atoms with E-state index in [1.807, 2.05) is 19.1 Å². The number of carboxylic acid groups (broad SMARTS) is 1. The number of aryl methyl sites for hydroxylation is 1. The SMILES string of the molecule is Cc1cc(Cl)ccc1-c1cnn(CC(=O)O)c1. The summed E-state index contributed by atoms with van der Waals surface area (Å²) in [4.78, 5) is 10.5. The Hall–Kier alpha value is -1.81. The Morgan fingerprint density at radius 2 is 2.29 bits per heavy atom. The molecule has 2 aromatic rings. The van der Waals surface area contributed by atoms with Gasteiger partial charge in [-0.2, -0.15) is 5.10 Å². The van der Waals surface area contributed by atoms with Crippen LogP contribution in [0, 0.1) is 6.92 Å². The van der Waals surface area contributed by atoms with Gasteiger partial charge in [0.1, 0.15) is 6.54 Å². The molecule has 0 spiro atoms. The molecule has 0 unspecified atom stereocenters.